The molecule has 0 spiro atoms. The van der Waals surface area contributed by atoms with Gasteiger partial charge in [-0.3, -0.25) is 29.8 Å². The molecule has 2 aromatic rings. The van der Waals surface area contributed by atoms with Crippen LogP contribution in [-0.2, 0) is 54.1 Å². The lowest BCUT2D eigenvalue weighted by molar-refractivity contribution is -0.142. The summed E-state index contributed by atoms with van der Waals surface area (Å²) in [5, 5.41) is 28.4. The molecule has 3 heterocycles. The maximum absolute atomic E-state index is 14.4. The number of nitrogens with two attached hydrogens (primary N) is 1. The summed E-state index contributed by atoms with van der Waals surface area (Å²) in [6.45, 7) is 14.4. The van der Waals surface area contributed by atoms with E-state index in [1.807, 2.05) is 13.0 Å². The van der Waals surface area contributed by atoms with Crippen LogP contribution in [0.5, 0.6) is 5.75 Å². The van der Waals surface area contributed by atoms with Gasteiger partial charge in [-0.05, 0) is 107 Å². The lowest BCUT2D eigenvalue weighted by atomic mass is 9.83. The van der Waals surface area contributed by atoms with Gasteiger partial charge in [-0.2, -0.15) is 0 Å². The van der Waals surface area contributed by atoms with Crippen molar-refractivity contribution in [2.75, 3.05) is 55.3 Å². The lowest BCUT2D eigenvalue weighted by Crippen LogP contribution is -2.63. The third kappa shape index (κ3) is 18.1. The summed E-state index contributed by atoms with van der Waals surface area (Å²) in [4.78, 5) is 107. The van der Waals surface area contributed by atoms with Crippen molar-refractivity contribution in [3.05, 3.63) is 82.4 Å². The van der Waals surface area contributed by atoms with Crippen LogP contribution in [0.15, 0.2) is 66.3 Å². The monoisotopic (exact) mass is 1230 g/mol. The zero-order chi connectivity index (χ0) is 60.6. The highest BCUT2D eigenvalue weighted by Crippen LogP contribution is 2.49. The number of hydrogen-bond acceptors (Lipinski definition) is 15. The second-order valence-corrected chi connectivity index (χ2v) is 22.2. The molecule has 0 aliphatic carbocycles. The number of urea groups is 1. The van der Waals surface area contributed by atoms with Gasteiger partial charge in [0.1, 0.15) is 46.8 Å². The third-order valence-corrected chi connectivity index (χ3v) is 15.6. The molecule has 3 aliphatic rings. The van der Waals surface area contributed by atoms with Gasteiger partial charge >= 0.3 is 24.2 Å². The van der Waals surface area contributed by atoms with E-state index in [0.717, 1.165) is 11.1 Å². The summed E-state index contributed by atoms with van der Waals surface area (Å²) < 4.78 is 34.6. The minimum absolute atomic E-state index is 0.0679. The smallest absolute Gasteiger partial charge is 0.412 e. The predicted octanol–water partition coefficient (Wildman–Crippen LogP) is 6.75. The number of primary amides is 1. The standard InChI is InChI=1S/C57H78BrClN8O15/c1-31(2)48(65-45(68)19-12-11-13-23-79-52(72)34(5)30-58)51(71)64-39(17-15-22-61-53(60)73)50(70)63-38-21-20-37(25-33(38)4)62-54(74)81-44-28-46(69)67(8)40-26-36(27-41(77-9)47(40)59)24-32(3)16-14-18-43(78-10)57(76)29-42(80-55(75)66-57)35(6)49-56(44,7)82-49/h14,16,18,20-21,25-27,31,35,39,42-44,48-49,76H,5,11-13,15,17,19,22-24,28-30H2,1-4,6-10H3,(H,62,74)(H,63,70)(H,64,71)(H,65,68)(H,66,75)(H3,60,61,73)/b18-14+,32-16+/t35-,39+,42+,43-,44+,48+,49+,56+,57+/m1/s1. The Morgan fingerprint density at radius 3 is 2.41 bits per heavy atom. The number of esters is 1. The maximum Gasteiger partial charge on any atom is 0.412 e. The molecule has 9 N–H and O–H groups in total. The van der Waals surface area contributed by atoms with Gasteiger partial charge in [0.05, 0.1) is 31.9 Å². The van der Waals surface area contributed by atoms with Crippen LogP contribution in [0.25, 0.3) is 0 Å². The quantitative estimate of drug-likeness (QED) is 0.0151. The number of hydrogen-bond donors (Lipinski definition) is 8. The molecule has 82 heavy (non-hydrogen) atoms. The molecule has 23 nitrogen and oxygen atoms in total. The zero-order valence-corrected chi connectivity index (χ0v) is 50.2. The van der Waals surface area contributed by atoms with Crippen molar-refractivity contribution < 1.29 is 71.9 Å². The molecule has 8 amide bonds. The normalized spacial score (nSPS) is 24.3. The largest absolute Gasteiger partial charge is 0.495 e. The number of alkyl halides is 1. The number of halogens is 2. The third-order valence-electron chi connectivity index (χ3n) is 14.5. The number of anilines is 3. The Morgan fingerprint density at radius 2 is 1.76 bits per heavy atom. The fraction of sp³-hybridized carbons (Fsp3) is 0.544. The van der Waals surface area contributed by atoms with Gasteiger partial charge in [-0.25, -0.2) is 19.2 Å². The minimum atomic E-state index is -1.90. The number of aliphatic hydroxyl groups is 1. The predicted molar refractivity (Wildman–Crippen MR) is 310 cm³/mol. The molecule has 25 heteroatoms. The van der Waals surface area contributed by atoms with E-state index in [1.165, 1.54) is 31.3 Å². The molecule has 3 aliphatic heterocycles. The number of carbonyl (C=O) groups is 8. The number of alkyl carbamates (subject to hydrolysis) is 1. The Hall–Kier alpha value is -6.73. The molecule has 0 saturated carbocycles. The van der Waals surface area contributed by atoms with Gasteiger partial charge < -0.3 is 65.4 Å². The number of nitrogens with one attached hydrogen (secondary N) is 6. The van der Waals surface area contributed by atoms with Crippen LogP contribution in [-0.4, -0.2) is 140 Å². The Morgan fingerprint density at radius 1 is 1.02 bits per heavy atom. The Labute approximate surface area is 491 Å². The number of epoxide rings is 1. The van der Waals surface area contributed by atoms with Crippen molar-refractivity contribution in [2.24, 2.45) is 17.6 Å². The van der Waals surface area contributed by atoms with Crippen molar-refractivity contribution >= 4 is 92.4 Å². The molecule has 2 aromatic carbocycles. The second-order valence-electron chi connectivity index (χ2n) is 21.3. The number of carbonyl (C=O) groups excluding carboxylic acids is 8. The minimum Gasteiger partial charge on any atom is -0.495 e. The van der Waals surface area contributed by atoms with E-state index in [2.05, 4.69) is 54.4 Å². The number of benzene rings is 2. The first-order valence-electron chi connectivity index (χ1n) is 27.1. The number of nitrogens with zero attached hydrogens (tertiary/aromatic N) is 1. The van der Waals surface area contributed by atoms with E-state index >= 15 is 0 Å². The topological polar surface area (TPSA) is 317 Å². The summed E-state index contributed by atoms with van der Waals surface area (Å²) in [5.74, 6) is -3.26. The summed E-state index contributed by atoms with van der Waals surface area (Å²) in [5.41, 5.74) is 5.36. The molecule has 0 aromatic heterocycles. The van der Waals surface area contributed by atoms with E-state index < -0.39 is 102 Å². The van der Waals surface area contributed by atoms with E-state index in [9.17, 15) is 43.5 Å². The number of allylic oxidation sites excluding steroid dienone is 3. The average molecular weight is 1230 g/mol. The number of aryl methyl sites for hydroxylation is 1. The molecule has 2 fully saturated rings. The van der Waals surface area contributed by atoms with Crippen LogP contribution >= 0.6 is 27.5 Å². The summed E-state index contributed by atoms with van der Waals surface area (Å²) >= 11 is 10.00. The maximum atomic E-state index is 14.4. The second kappa shape index (κ2) is 30.0. The van der Waals surface area contributed by atoms with E-state index in [4.69, 9.17) is 45.8 Å². The first-order valence-corrected chi connectivity index (χ1v) is 28.6. The number of methoxy groups -OCH3 is 2. The highest BCUT2D eigenvalue weighted by molar-refractivity contribution is 9.09. The molecule has 2 saturated heterocycles. The summed E-state index contributed by atoms with van der Waals surface area (Å²) in [6.07, 6.45) is 1.28. The lowest BCUT2D eigenvalue weighted by Gasteiger charge is -2.42. The first-order chi connectivity index (χ1) is 38.7. The van der Waals surface area contributed by atoms with Crippen LogP contribution in [0.4, 0.5) is 31.4 Å². The molecule has 5 rings (SSSR count). The van der Waals surface area contributed by atoms with Crippen LogP contribution in [0, 0.1) is 18.8 Å². The van der Waals surface area contributed by atoms with E-state index in [0.29, 0.717) is 59.3 Å². The van der Waals surface area contributed by atoms with Crippen LogP contribution in [0.2, 0.25) is 5.02 Å². The van der Waals surface area contributed by atoms with Gasteiger partial charge in [-0.15, -0.1) is 0 Å². The Bertz CT molecular complexity index is 2760. The number of unbranched alkanes of at least 4 members (excludes halogenated alkanes) is 2. The molecule has 0 radical (unpaired) electrons. The first kappa shape index (κ1) is 66.1. The average Bonchev–Trinajstić information content (AvgIpc) is 3.79. The van der Waals surface area contributed by atoms with Crippen molar-refractivity contribution in [1.29, 1.82) is 0 Å². The zero-order valence-electron chi connectivity index (χ0n) is 47.9. The fourth-order valence-electron chi connectivity index (χ4n) is 9.70. The van der Waals surface area contributed by atoms with Gasteiger partial charge in [-0.1, -0.05) is 78.7 Å². The number of ether oxygens (including phenoxy) is 6. The SMILES string of the molecule is C=C(CBr)C(=O)OCCCCCC(=O)N[C@H](C(=O)N[C@@H](CCCNC(N)=O)C(=O)Nc1ccc(NC(=O)O[C@H]2CC(=O)N(C)c3cc(cc(OC)c3Cl)C/C(C)=C/C=C/[C@@H](OC)[C@@]3(O)C[C@H](OC(=O)N3)[C@@H](C)[C@@H]3O[C@@]23C)cc1C)C(C)C. The van der Waals surface area contributed by atoms with E-state index in [-0.39, 0.29) is 61.4 Å². The van der Waals surface area contributed by atoms with Crippen molar-refractivity contribution in [3.63, 3.8) is 0 Å². The summed E-state index contributed by atoms with van der Waals surface area (Å²) in [7, 11) is 4.41. The highest BCUT2D eigenvalue weighted by atomic mass is 79.9. The molecule has 0 unspecified atom stereocenters. The number of amides is 8. The number of fused-ring (bicyclic) bond motifs is 5. The van der Waals surface area contributed by atoms with Gasteiger partial charge in [0, 0.05) is 61.7 Å². The van der Waals surface area contributed by atoms with Gasteiger partial charge in [0.2, 0.25) is 23.6 Å². The molecular weight excluding hydrogens is 1150 g/mol. The highest BCUT2D eigenvalue weighted by Gasteiger charge is 2.64. The van der Waals surface area contributed by atoms with Crippen LogP contribution in [0.3, 0.4) is 0 Å². The Balaban J connectivity index is 1.32. The molecule has 9 atom stereocenters. The van der Waals surface area contributed by atoms with Gasteiger partial charge in [0.25, 0.3) is 0 Å². The van der Waals surface area contributed by atoms with Gasteiger partial charge in [0.15, 0.2) is 5.72 Å². The molecular formula is C57H78BrClN8O15. The fourth-order valence-corrected chi connectivity index (χ4v) is 10.2. The Kier molecular flexibility index (Phi) is 24.2. The van der Waals surface area contributed by atoms with Crippen LogP contribution in [0.1, 0.15) is 97.1 Å². The van der Waals surface area contributed by atoms with Crippen LogP contribution < -0.4 is 47.3 Å². The van der Waals surface area contributed by atoms with Crippen molar-refractivity contribution in [3.8, 4) is 5.75 Å². The van der Waals surface area contributed by atoms with Crippen molar-refractivity contribution in [2.45, 2.75) is 147 Å². The van der Waals surface area contributed by atoms with Crippen molar-refractivity contribution in [1.82, 2.24) is 21.3 Å². The van der Waals surface area contributed by atoms with E-state index in [1.54, 1.807) is 72.0 Å². The molecule has 4 bridgehead atoms. The molecule has 450 valence electrons. The number of rotatable bonds is 22. The summed E-state index contributed by atoms with van der Waals surface area (Å²) in [6, 6.07) is 5.22.